The Morgan fingerprint density at radius 1 is 1.18 bits per heavy atom. The molecule has 0 unspecified atom stereocenters. The second-order valence-electron chi connectivity index (χ2n) is 7.65. The van der Waals surface area contributed by atoms with E-state index in [0.717, 1.165) is 16.3 Å². The molecule has 2 N–H and O–H groups in total. The minimum absolute atomic E-state index is 0.0470. The molecule has 10 heteroatoms. The van der Waals surface area contributed by atoms with Crippen molar-refractivity contribution in [3.05, 3.63) is 35.3 Å². The van der Waals surface area contributed by atoms with Gasteiger partial charge in [-0.25, -0.2) is 9.78 Å². The van der Waals surface area contributed by atoms with Gasteiger partial charge in [-0.3, -0.25) is 9.59 Å². The molecule has 3 amide bonds. The van der Waals surface area contributed by atoms with Crippen molar-refractivity contribution >= 4 is 29.2 Å². The van der Waals surface area contributed by atoms with Crippen LogP contribution in [0.4, 0.5) is 4.79 Å². The van der Waals surface area contributed by atoms with Gasteiger partial charge in [0.05, 0.1) is 13.7 Å². The average Bonchev–Trinajstić information content (AvgIpc) is 3.33. The molecule has 0 aliphatic carbocycles. The maximum absolute atomic E-state index is 12.4. The molecule has 0 saturated carbocycles. The molecule has 0 radical (unpaired) electrons. The lowest BCUT2D eigenvalue weighted by atomic mass is 10.1. The second-order valence-corrected chi connectivity index (χ2v) is 8.51. The first-order valence-electron chi connectivity index (χ1n) is 11.1. The Labute approximate surface area is 197 Å². The van der Waals surface area contributed by atoms with Gasteiger partial charge in [-0.15, -0.1) is 11.3 Å². The number of ether oxygens (including phenoxy) is 2. The van der Waals surface area contributed by atoms with Crippen LogP contribution in [0.25, 0.3) is 10.6 Å². The summed E-state index contributed by atoms with van der Waals surface area (Å²) in [5.74, 6) is 0.464. The second kappa shape index (κ2) is 12.2. The SMILES string of the molecule is CCOC(=O)N1CCC(NC(=O)CCCNC(=O)c2csc(-c3ccc(OC)cc3)n2)CC1. The average molecular weight is 475 g/mol. The van der Waals surface area contributed by atoms with Crippen molar-refractivity contribution in [2.75, 3.05) is 33.4 Å². The molecule has 9 nitrogen and oxygen atoms in total. The van der Waals surface area contributed by atoms with E-state index >= 15 is 0 Å². The van der Waals surface area contributed by atoms with Gasteiger partial charge < -0.3 is 25.0 Å². The molecule has 2 aromatic rings. The maximum atomic E-state index is 12.4. The molecule has 1 aliphatic heterocycles. The molecule has 33 heavy (non-hydrogen) atoms. The fraction of sp³-hybridized carbons (Fsp3) is 0.478. The third kappa shape index (κ3) is 7.18. The monoisotopic (exact) mass is 474 g/mol. The van der Waals surface area contributed by atoms with Crippen LogP contribution in [0, 0.1) is 0 Å². The molecule has 3 rings (SSSR count). The van der Waals surface area contributed by atoms with Crippen molar-refractivity contribution in [1.82, 2.24) is 20.5 Å². The molecule has 0 spiro atoms. The largest absolute Gasteiger partial charge is 0.497 e. The Balaban J connectivity index is 1.34. The summed E-state index contributed by atoms with van der Waals surface area (Å²) in [7, 11) is 1.61. The van der Waals surface area contributed by atoms with Gasteiger partial charge in [0.25, 0.3) is 5.91 Å². The highest BCUT2D eigenvalue weighted by Crippen LogP contribution is 2.25. The van der Waals surface area contributed by atoms with Crippen molar-refractivity contribution in [2.45, 2.75) is 38.6 Å². The van der Waals surface area contributed by atoms with Gasteiger partial charge >= 0.3 is 6.09 Å². The van der Waals surface area contributed by atoms with Gasteiger partial charge in [0, 0.05) is 43.0 Å². The van der Waals surface area contributed by atoms with Gasteiger partial charge in [0.2, 0.25) is 5.91 Å². The quantitative estimate of drug-likeness (QED) is 0.541. The zero-order valence-electron chi connectivity index (χ0n) is 19.0. The van der Waals surface area contributed by atoms with E-state index in [1.165, 1.54) is 11.3 Å². The van der Waals surface area contributed by atoms with Crippen LogP contribution in [0.2, 0.25) is 0 Å². The number of benzene rings is 1. The van der Waals surface area contributed by atoms with Gasteiger partial charge in [0.1, 0.15) is 16.5 Å². The lowest BCUT2D eigenvalue weighted by Gasteiger charge is -2.31. The maximum Gasteiger partial charge on any atom is 0.409 e. The smallest absolute Gasteiger partial charge is 0.409 e. The fourth-order valence-corrected chi connectivity index (χ4v) is 4.31. The van der Waals surface area contributed by atoms with E-state index in [4.69, 9.17) is 9.47 Å². The molecule has 1 saturated heterocycles. The first-order valence-corrected chi connectivity index (χ1v) is 12.0. The molecule has 1 aromatic carbocycles. The number of thiazole rings is 1. The molecular weight excluding hydrogens is 444 g/mol. The van der Waals surface area contributed by atoms with E-state index < -0.39 is 0 Å². The molecule has 1 fully saturated rings. The predicted molar refractivity (Wildman–Crippen MR) is 125 cm³/mol. The third-order valence-electron chi connectivity index (χ3n) is 5.33. The molecular formula is C23H30N4O5S. The summed E-state index contributed by atoms with van der Waals surface area (Å²) in [6.45, 7) is 3.68. The number of likely N-dealkylation sites (tertiary alicyclic amines) is 1. The van der Waals surface area contributed by atoms with E-state index in [0.29, 0.717) is 57.6 Å². The van der Waals surface area contributed by atoms with E-state index in [1.54, 1.807) is 24.3 Å². The number of piperidine rings is 1. The number of nitrogens with one attached hydrogen (secondary N) is 2. The fourth-order valence-electron chi connectivity index (χ4n) is 3.51. The highest BCUT2D eigenvalue weighted by molar-refractivity contribution is 7.13. The lowest BCUT2D eigenvalue weighted by molar-refractivity contribution is -0.122. The number of methoxy groups -OCH3 is 1. The summed E-state index contributed by atoms with van der Waals surface area (Å²) in [6, 6.07) is 7.57. The van der Waals surface area contributed by atoms with Gasteiger partial charge in [-0.1, -0.05) is 0 Å². The molecule has 2 heterocycles. The van der Waals surface area contributed by atoms with Crippen LogP contribution in [0.5, 0.6) is 5.75 Å². The third-order valence-corrected chi connectivity index (χ3v) is 6.22. The first-order chi connectivity index (χ1) is 16.0. The predicted octanol–water partition coefficient (Wildman–Crippen LogP) is 3.07. The van der Waals surface area contributed by atoms with Crippen LogP contribution in [0.15, 0.2) is 29.6 Å². The molecule has 0 bridgehead atoms. The number of aromatic nitrogens is 1. The van der Waals surface area contributed by atoms with Crippen LogP contribution in [-0.4, -0.2) is 67.2 Å². The number of carbonyl (C=O) groups is 3. The number of hydrogen-bond donors (Lipinski definition) is 2. The van der Waals surface area contributed by atoms with Crippen molar-refractivity contribution in [3.8, 4) is 16.3 Å². The summed E-state index contributed by atoms with van der Waals surface area (Å²) in [4.78, 5) is 42.4. The zero-order valence-corrected chi connectivity index (χ0v) is 19.8. The Hall–Kier alpha value is -3.14. The topological polar surface area (TPSA) is 110 Å². The van der Waals surface area contributed by atoms with E-state index in [9.17, 15) is 14.4 Å². The summed E-state index contributed by atoms with van der Waals surface area (Å²) in [5, 5.41) is 8.31. The summed E-state index contributed by atoms with van der Waals surface area (Å²) in [6.07, 6.45) is 1.99. The first kappa shape index (κ1) is 24.5. The number of rotatable bonds is 9. The summed E-state index contributed by atoms with van der Waals surface area (Å²) >= 11 is 1.40. The standard InChI is InChI=1S/C23H30N4O5S/c1-3-32-23(30)27-13-10-17(11-14-27)25-20(28)5-4-12-24-21(29)19-15-33-22(26-19)16-6-8-18(31-2)9-7-16/h6-9,15,17H,3-5,10-14H2,1-2H3,(H,24,29)(H,25,28). The number of carbonyl (C=O) groups excluding carboxylic acids is 3. The van der Waals surface area contributed by atoms with Crippen molar-refractivity contribution in [3.63, 3.8) is 0 Å². The summed E-state index contributed by atoms with van der Waals surface area (Å²) in [5.41, 5.74) is 1.29. The van der Waals surface area contributed by atoms with Crippen LogP contribution >= 0.6 is 11.3 Å². The van der Waals surface area contributed by atoms with Crippen LogP contribution in [-0.2, 0) is 9.53 Å². The Bertz CT molecular complexity index is 939. The van der Waals surface area contributed by atoms with Crippen LogP contribution in [0.3, 0.4) is 0 Å². The molecule has 178 valence electrons. The van der Waals surface area contributed by atoms with Crippen molar-refractivity contribution < 1.29 is 23.9 Å². The molecule has 1 aromatic heterocycles. The van der Waals surface area contributed by atoms with Gasteiger partial charge in [0.15, 0.2) is 0 Å². The van der Waals surface area contributed by atoms with E-state index in [-0.39, 0.29) is 23.9 Å². The van der Waals surface area contributed by atoms with Gasteiger partial charge in [-0.2, -0.15) is 0 Å². The summed E-state index contributed by atoms with van der Waals surface area (Å²) < 4.78 is 10.2. The zero-order chi connectivity index (χ0) is 23.6. The normalized spacial score (nSPS) is 13.9. The lowest BCUT2D eigenvalue weighted by Crippen LogP contribution is -2.46. The van der Waals surface area contributed by atoms with Crippen molar-refractivity contribution in [2.24, 2.45) is 0 Å². The van der Waals surface area contributed by atoms with Crippen molar-refractivity contribution in [1.29, 1.82) is 0 Å². The van der Waals surface area contributed by atoms with E-state index in [1.807, 2.05) is 24.3 Å². The number of nitrogens with zero attached hydrogens (tertiary/aromatic N) is 2. The highest BCUT2D eigenvalue weighted by Gasteiger charge is 2.24. The number of hydrogen-bond acceptors (Lipinski definition) is 7. The van der Waals surface area contributed by atoms with Crippen LogP contribution < -0.4 is 15.4 Å². The molecule has 0 atom stereocenters. The Morgan fingerprint density at radius 3 is 2.58 bits per heavy atom. The Morgan fingerprint density at radius 2 is 1.91 bits per heavy atom. The van der Waals surface area contributed by atoms with Gasteiger partial charge in [-0.05, 0) is 50.5 Å². The number of amides is 3. The minimum atomic E-state index is -0.297. The van der Waals surface area contributed by atoms with E-state index in [2.05, 4.69) is 15.6 Å². The molecule has 1 aliphatic rings. The Kier molecular flexibility index (Phi) is 9.05. The highest BCUT2D eigenvalue weighted by atomic mass is 32.1. The minimum Gasteiger partial charge on any atom is -0.497 e. The van der Waals surface area contributed by atoms with Crippen LogP contribution in [0.1, 0.15) is 43.1 Å².